The molecule has 0 aliphatic carbocycles. The van der Waals surface area contributed by atoms with E-state index in [4.69, 9.17) is 11.5 Å². The predicted octanol–water partition coefficient (Wildman–Crippen LogP) is -2.85. The molecule has 0 radical (unpaired) electrons. The van der Waals surface area contributed by atoms with Crippen LogP contribution in [0.1, 0.15) is 6.92 Å². The Bertz CT molecular complexity index is 407. The van der Waals surface area contributed by atoms with E-state index in [-0.39, 0.29) is 37.1 Å². The van der Waals surface area contributed by atoms with Crippen molar-refractivity contribution in [3.8, 4) is 0 Å². The van der Waals surface area contributed by atoms with Crippen molar-refractivity contribution in [2.75, 3.05) is 0 Å². The van der Waals surface area contributed by atoms with E-state index in [1.165, 1.54) is 6.92 Å². The van der Waals surface area contributed by atoms with Gasteiger partial charge in [-0.1, -0.05) is 0 Å². The van der Waals surface area contributed by atoms with Crippen molar-refractivity contribution < 1.29 is 36.4 Å². The topological polar surface area (TPSA) is 162 Å². The summed E-state index contributed by atoms with van der Waals surface area (Å²) in [6.07, 6.45) is -3.32. The number of nitrogens with zero attached hydrogens (tertiary/aromatic N) is 4. The minimum Gasteiger partial charge on any atom is -0.741 e. The van der Waals surface area contributed by atoms with Crippen LogP contribution in [0, 0.1) is 0 Å². The Morgan fingerprint density at radius 2 is 1.55 bits per heavy atom. The first kappa shape index (κ1) is 21.6. The molecule has 12 heteroatoms. The van der Waals surface area contributed by atoms with Crippen molar-refractivity contribution in [3.63, 3.8) is 0 Å². The van der Waals surface area contributed by atoms with E-state index in [2.05, 4.69) is 45.7 Å². The number of nitrogens with two attached hydrogens (primary N) is 2. The number of hydrogen-bond acceptors (Lipinski definition) is 9. The van der Waals surface area contributed by atoms with Gasteiger partial charge >= 0.3 is 21.1 Å². The van der Waals surface area contributed by atoms with Crippen LogP contribution in [0.5, 0.6) is 0 Å². The molecule has 0 saturated carbocycles. The Hall–Kier alpha value is -0.712. The van der Waals surface area contributed by atoms with Crippen molar-refractivity contribution >= 4 is 47.5 Å². The van der Waals surface area contributed by atoms with Gasteiger partial charge in [0.15, 0.2) is 0 Å². The Labute approximate surface area is 141 Å². The van der Waals surface area contributed by atoms with Gasteiger partial charge in [0.1, 0.15) is 17.9 Å². The molecular formula is C8H14N6O3PtS2. The van der Waals surface area contributed by atoms with E-state index in [0.29, 0.717) is 0 Å². The SMILES string of the molecule is CC(O)C(O)C(O)C(C=NN=C(N)[S-])=NN=C(N)[S-].[Pt+2]. The van der Waals surface area contributed by atoms with Crippen LogP contribution in [0.25, 0.3) is 0 Å². The second-order valence-corrected chi connectivity index (χ2v) is 4.16. The van der Waals surface area contributed by atoms with Crippen LogP contribution in [0.3, 0.4) is 0 Å². The monoisotopic (exact) mass is 501 g/mol. The number of amidine groups is 2. The summed E-state index contributed by atoms with van der Waals surface area (Å²) in [6, 6.07) is 0. The van der Waals surface area contributed by atoms with Gasteiger partial charge in [0, 0.05) is 0 Å². The molecule has 0 amide bonds. The molecule has 0 aliphatic rings. The normalized spacial score (nSPS) is 18.5. The van der Waals surface area contributed by atoms with Crippen LogP contribution in [0.15, 0.2) is 20.4 Å². The molecule has 20 heavy (non-hydrogen) atoms. The fourth-order valence-corrected chi connectivity index (χ4v) is 0.940. The molecule has 0 rings (SSSR count). The molecule has 0 heterocycles. The third kappa shape index (κ3) is 9.23. The maximum Gasteiger partial charge on any atom is 2.00 e. The molecule has 0 saturated heterocycles. The minimum atomic E-state index is -1.57. The zero-order chi connectivity index (χ0) is 15.0. The van der Waals surface area contributed by atoms with Gasteiger partial charge in [-0.25, -0.2) is 0 Å². The summed E-state index contributed by atoms with van der Waals surface area (Å²) in [7, 11) is 0. The number of aliphatic hydroxyl groups is 3. The summed E-state index contributed by atoms with van der Waals surface area (Å²) in [4.78, 5) is 0. The number of aliphatic hydroxyl groups excluding tert-OH is 3. The summed E-state index contributed by atoms with van der Waals surface area (Å²) < 4.78 is 0. The van der Waals surface area contributed by atoms with Gasteiger partial charge in [-0.3, -0.25) is 0 Å². The largest absolute Gasteiger partial charge is 2.00 e. The Morgan fingerprint density at radius 1 is 1.05 bits per heavy atom. The van der Waals surface area contributed by atoms with E-state index in [1.807, 2.05) is 0 Å². The van der Waals surface area contributed by atoms with Crippen LogP contribution < -0.4 is 11.5 Å². The molecule has 0 aromatic carbocycles. The van der Waals surface area contributed by atoms with Gasteiger partial charge in [0.05, 0.1) is 12.3 Å². The van der Waals surface area contributed by atoms with E-state index < -0.39 is 18.3 Å². The van der Waals surface area contributed by atoms with Gasteiger partial charge < -0.3 is 52.0 Å². The van der Waals surface area contributed by atoms with Crippen molar-refractivity contribution in [1.82, 2.24) is 0 Å². The molecule has 0 aromatic heterocycles. The third-order valence-electron chi connectivity index (χ3n) is 1.73. The second-order valence-electron chi connectivity index (χ2n) is 3.32. The molecule has 7 N–H and O–H groups in total. The van der Waals surface area contributed by atoms with Crippen LogP contribution in [-0.2, 0) is 46.3 Å². The Kier molecular flexibility index (Phi) is 11.9. The first-order valence-corrected chi connectivity index (χ1v) is 5.73. The Balaban J connectivity index is 0. The molecule has 0 aromatic rings. The fourth-order valence-electron chi connectivity index (χ4n) is 0.852. The summed E-state index contributed by atoms with van der Waals surface area (Å²) in [6.45, 7) is 1.28. The molecular weight excluding hydrogens is 487 g/mol. The molecule has 0 fully saturated rings. The van der Waals surface area contributed by atoms with Gasteiger partial charge in [-0.2, -0.15) is 20.4 Å². The van der Waals surface area contributed by atoms with E-state index >= 15 is 0 Å². The minimum absolute atomic E-state index is 0. The molecule has 0 aliphatic heterocycles. The molecule has 0 spiro atoms. The molecule has 3 unspecified atom stereocenters. The summed E-state index contributed by atoms with van der Waals surface area (Å²) >= 11 is 8.93. The zero-order valence-electron chi connectivity index (χ0n) is 10.2. The first-order chi connectivity index (χ1) is 8.75. The van der Waals surface area contributed by atoms with Crippen LogP contribution in [-0.4, -0.2) is 55.9 Å². The van der Waals surface area contributed by atoms with Crippen LogP contribution in [0.2, 0.25) is 0 Å². The summed E-state index contributed by atoms with van der Waals surface area (Å²) in [5, 5.41) is 41.5. The van der Waals surface area contributed by atoms with Crippen LogP contribution >= 0.6 is 0 Å². The zero-order valence-corrected chi connectivity index (χ0v) is 14.1. The van der Waals surface area contributed by atoms with Crippen molar-refractivity contribution in [3.05, 3.63) is 0 Å². The van der Waals surface area contributed by atoms with Gasteiger partial charge in [0.2, 0.25) is 0 Å². The van der Waals surface area contributed by atoms with Crippen molar-refractivity contribution in [1.29, 1.82) is 0 Å². The van der Waals surface area contributed by atoms with Gasteiger partial charge in [-0.05, 0) is 17.3 Å². The number of hydrogen-bond donors (Lipinski definition) is 5. The van der Waals surface area contributed by atoms with E-state index in [0.717, 1.165) is 6.21 Å². The summed E-state index contributed by atoms with van der Waals surface area (Å²) in [5.74, 6) is 0. The number of rotatable bonds is 6. The van der Waals surface area contributed by atoms with Crippen molar-refractivity contribution in [2.45, 2.75) is 25.2 Å². The third-order valence-corrected chi connectivity index (χ3v) is 1.89. The maximum atomic E-state index is 9.74. The van der Waals surface area contributed by atoms with Gasteiger partial charge in [0.25, 0.3) is 0 Å². The predicted molar refractivity (Wildman–Crippen MR) is 77.6 cm³/mol. The first-order valence-electron chi connectivity index (χ1n) is 4.91. The fraction of sp³-hybridized carbons (Fsp3) is 0.500. The van der Waals surface area contributed by atoms with Gasteiger partial charge in [-0.15, -0.1) is 0 Å². The molecule has 9 nitrogen and oxygen atoms in total. The summed E-state index contributed by atoms with van der Waals surface area (Å²) in [5.41, 5.74) is 9.97. The molecule has 116 valence electrons. The van der Waals surface area contributed by atoms with E-state index in [9.17, 15) is 15.3 Å². The smallest absolute Gasteiger partial charge is 0.741 e. The average molecular weight is 501 g/mol. The average Bonchev–Trinajstić information content (AvgIpc) is 2.30. The Morgan fingerprint density at radius 3 is 1.95 bits per heavy atom. The van der Waals surface area contributed by atoms with Crippen LogP contribution in [0.4, 0.5) is 0 Å². The molecule has 3 atom stereocenters. The quantitative estimate of drug-likeness (QED) is 0.113. The van der Waals surface area contributed by atoms with E-state index in [1.54, 1.807) is 0 Å². The standard InChI is InChI=1S/C8H16N6O3S2.Pt/c1-3(15)5(16)6(17)4(12-14-8(10)19)2-11-13-7(9)18;/h2-3,5-6,15-17H,1H3,(H3,9,13,18)(H3,10,14,19);/q;+2/p-2. The second kappa shape index (κ2) is 11.0. The maximum absolute atomic E-state index is 9.74. The molecule has 0 bridgehead atoms. The van der Waals surface area contributed by atoms with Crippen molar-refractivity contribution in [2.24, 2.45) is 31.9 Å².